The second kappa shape index (κ2) is 7.04. The lowest BCUT2D eigenvalue weighted by Gasteiger charge is -2.07. The molecule has 0 aliphatic rings. The zero-order valence-electron chi connectivity index (χ0n) is 14.1. The molecular formula is C17H15N3O5S. The van der Waals surface area contributed by atoms with Gasteiger partial charge >= 0.3 is 5.97 Å². The topological polar surface area (TPSA) is 104 Å². The van der Waals surface area contributed by atoms with Gasteiger partial charge in [-0.25, -0.2) is 4.98 Å². The standard InChI is InChI=1S/C17H15N3O5S/c1-10-11(2)26-16-15(10)17(22)19(9-18-16)7-14(21)25-8-12-5-3-4-6-13(12)20(23)24/h3-6,9H,7-8H2,1-2H3. The third-order valence-electron chi connectivity index (χ3n) is 4.03. The van der Waals surface area contributed by atoms with Gasteiger partial charge in [-0.3, -0.25) is 24.3 Å². The van der Waals surface area contributed by atoms with Crippen LogP contribution in [0.5, 0.6) is 0 Å². The van der Waals surface area contributed by atoms with E-state index in [4.69, 9.17) is 4.74 Å². The van der Waals surface area contributed by atoms with Crippen molar-refractivity contribution in [2.24, 2.45) is 0 Å². The minimum absolute atomic E-state index is 0.120. The number of aromatic nitrogens is 2. The Labute approximate surface area is 151 Å². The number of rotatable bonds is 5. The fourth-order valence-electron chi connectivity index (χ4n) is 2.54. The quantitative estimate of drug-likeness (QED) is 0.387. The van der Waals surface area contributed by atoms with Crippen LogP contribution < -0.4 is 5.56 Å². The number of nitro groups is 1. The van der Waals surface area contributed by atoms with Crippen LogP contribution in [0, 0.1) is 24.0 Å². The van der Waals surface area contributed by atoms with Crippen molar-refractivity contribution in [3.05, 3.63) is 67.1 Å². The molecule has 2 aromatic heterocycles. The molecule has 0 saturated heterocycles. The van der Waals surface area contributed by atoms with Gasteiger partial charge in [0.1, 0.15) is 18.0 Å². The van der Waals surface area contributed by atoms with Crippen molar-refractivity contribution < 1.29 is 14.5 Å². The van der Waals surface area contributed by atoms with Gasteiger partial charge in [-0.05, 0) is 25.5 Å². The lowest BCUT2D eigenvalue weighted by molar-refractivity contribution is -0.385. The fraction of sp³-hybridized carbons (Fsp3) is 0.235. The van der Waals surface area contributed by atoms with E-state index < -0.39 is 10.9 Å². The van der Waals surface area contributed by atoms with E-state index >= 15 is 0 Å². The first-order valence-electron chi connectivity index (χ1n) is 7.71. The maximum absolute atomic E-state index is 12.5. The van der Waals surface area contributed by atoms with Crippen LogP contribution >= 0.6 is 11.3 Å². The zero-order chi connectivity index (χ0) is 18.8. The van der Waals surface area contributed by atoms with Crippen LogP contribution in [0.4, 0.5) is 5.69 Å². The molecule has 0 amide bonds. The number of ether oxygens (including phenoxy) is 1. The summed E-state index contributed by atoms with van der Waals surface area (Å²) in [6.07, 6.45) is 1.31. The molecule has 2 heterocycles. The first-order chi connectivity index (χ1) is 12.4. The minimum Gasteiger partial charge on any atom is -0.459 e. The number of nitro benzene ring substituents is 1. The molecule has 0 spiro atoms. The molecule has 26 heavy (non-hydrogen) atoms. The molecule has 3 aromatic rings. The molecule has 0 unspecified atom stereocenters. The summed E-state index contributed by atoms with van der Waals surface area (Å²) >= 11 is 1.43. The van der Waals surface area contributed by atoms with Gasteiger partial charge in [0.2, 0.25) is 0 Å². The molecule has 1 aromatic carbocycles. The highest BCUT2D eigenvalue weighted by molar-refractivity contribution is 7.18. The van der Waals surface area contributed by atoms with Crippen LogP contribution in [0.3, 0.4) is 0 Å². The summed E-state index contributed by atoms with van der Waals surface area (Å²) in [4.78, 5) is 40.9. The van der Waals surface area contributed by atoms with E-state index in [9.17, 15) is 19.7 Å². The van der Waals surface area contributed by atoms with Crippen LogP contribution in [0.25, 0.3) is 10.2 Å². The van der Waals surface area contributed by atoms with Crippen molar-refractivity contribution in [2.45, 2.75) is 27.0 Å². The first kappa shape index (κ1) is 17.7. The summed E-state index contributed by atoms with van der Waals surface area (Å²) in [5.41, 5.74) is 0.714. The minimum atomic E-state index is -0.670. The van der Waals surface area contributed by atoms with Crippen LogP contribution in [0.15, 0.2) is 35.4 Å². The molecule has 0 radical (unpaired) electrons. The number of hydrogen-bond acceptors (Lipinski definition) is 7. The Morgan fingerprint density at radius 3 is 2.81 bits per heavy atom. The van der Waals surface area contributed by atoms with E-state index in [1.165, 1.54) is 40.4 Å². The van der Waals surface area contributed by atoms with Crippen LogP contribution in [0.2, 0.25) is 0 Å². The first-order valence-corrected chi connectivity index (χ1v) is 8.53. The lowest BCUT2D eigenvalue weighted by atomic mass is 10.2. The predicted octanol–water partition coefficient (Wildman–Crippen LogP) is 2.73. The van der Waals surface area contributed by atoms with E-state index in [0.29, 0.717) is 10.2 Å². The highest BCUT2D eigenvalue weighted by atomic mass is 32.1. The Bertz CT molecular complexity index is 1070. The van der Waals surface area contributed by atoms with Gasteiger partial charge in [0.25, 0.3) is 11.2 Å². The average Bonchev–Trinajstić information content (AvgIpc) is 2.91. The van der Waals surface area contributed by atoms with Crippen LogP contribution in [0.1, 0.15) is 16.0 Å². The van der Waals surface area contributed by atoms with Gasteiger partial charge in [-0.2, -0.15) is 0 Å². The summed E-state index contributed by atoms with van der Waals surface area (Å²) < 4.78 is 6.28. The van der Waals surface area contributed by atoms with Gasteiger partial charge < -0.3 is 4.74 Å². The lowest BCUT2D eigenvalue weighted by Crippen LogP contribution is -2.25. The fourth-order valence-corrected chi connectivity index (χ4v) is 3.52. The van der Waals surface area contributed by atoms with E-state index in [0.717, 1.165) is 10.4 Å². The number of aryl methyl sites for hydroxylation is 2. The van der Waals surface area contributed by atoms with Crippen LogP contribution in [-0.4, -0.2) is 20.4 Å². The summed E-state index contributed by atoms with van der Waals surface area (Å²) in [7, 11) is 0. The van der Waals surface area contributed by atoms with Gasteiger partial charge in [0.05, 0.1) is 22.2 Å². The second-order valence-electron chi connectivity index (χ2n) is 5.69. The third-order valence-corrected chi connectivity index (χ3v) is 5.15. The Morgan fingerprint density at radius 2 is 2.08 bits per heavy atom. The van der Waals surface area contributed by atoms with Crippen molar-refractivity contribution in [3.8, 4) is 0 Å². The zero-order valence-corrected chi connectivity index (χ0v) is 14.9. The Kier molecular flexibility index (Phi) is 4.81. The summed E-state index contributed by atoms with van der Waals surface area (Å²) in [6, 6.07) is 6.02. The SMILES string of the molecule is Cc1sc2ncn(CC(=O)OCc3ccccc3[N+](=O)[O-])c(=O)c2c1C. The van der Waals surface area contributed by atoms with E-state index in [-0.39, 0.29) is 30.0 Å². The van der Waals surface area contributed by atoms with Gasteiger partial charge in [0, 0.05) is 10.9 Å². The number of thiophene rings is 1. The van der Waals surface area contributed by atoms with Gasteiger partial charge in [0.15, 0.2) is 0 Å². The number of esters is 1. The number of hydrogen-bond donors (Lipinski definition) is 0. The molecule has 0 bridgehead atoms. The largest absolute Gasteiger partial charge is 0.459 e. The summed E-state index contributed by atoms with van der Waals surface area (Å²) in [6.45, 7) is 3.20. The highest BCUT2D eigenvalue weighted by Crippen LogP contribution is 2.25. The van der Waals surface area contributed by atoms with E-state index in [2.05, 4.69) is 4.98 Å². The molecule has 3 rings (SSSR count). The number of nitrogens with zero attached hydrogens (tertiary/aromatic N) is 3. The molecule has 8 nitrogen and oxygen atoms in total. The normalized spacial score (nSPS) is 10.8. The molecule has 0 fully saturated rings. The Morgan fingerprint density at radius 1 is 1.35 bits per heavy atom. The number of carbonyl (C=O) groups excluding carboxylic acids is 1. The molecule has 0 N–H and O–H groups in total. The highest BCUT2D eigenvalue weighted by Gasteiger charge is 2.16. The monoisotopic (exact) mass is 373 g/mol. The summed E-state index contributed by atoms with van der Waals surface area (Å²) in [5.74, 6) is -0.670. The third kappa shape index (κ3) is 3.33. The average molecular weight is 373 g/mol. The number of para-hydroxylation sites is 1. The number of carbonyl (C=O) groups is 1. The number of benzene rings is 1. The van der Waals surface area contributed by atoms with E-state index in [1.54, 1.807) is 6.07 Å². The van der Waals surface area contributed by atoms with Gasteiger partial charge in [-0.1, -0.05) is 12.1 Å². The van der Waals surface area contributed by atoms with E-state index in [1.807, 2.05) is 13.8 Å². The Hall–Kier alpha value is -3.07. The van der Waals surface area contributed by atoms with Crippen molar-refractivity contribution in [1.29, 1.82) is 0 Å². The van der Waals surface area contributed by atoms with Crippen molar-refractivity contribution in [3.63, 3.8) is 0 Å². The number of fused-ring (bicyclic) bond motifs is 1. The molecule has 0 saturated carbocycles. The van der Waals surface area contributed by atoms with Crippen LogP contribution in [-0.2, 0) is 22.7 Å². The van der Waals surface area contributed by atoms with Crippen molar-refractivity contribution in [2.75, 3.05) is 0 Å². The Balaban J connectivity index is 1.76. The van der Waals surface area contributed by atoms with Crippen molar-refractivity contribution >= 4 is 33.2 Å². The summed E-state index contributed by atoms with van der Waals surface area (Å²) in [5, 5.41) is 11.5. The molecule has 0 aliphatic carbocycles. The molecule has 134 valence electrons. The second-order valence-corrected chi connectivity index (χ2v) is 6.89. The smallest absolute Gasteiger partial charge is 0.326 e. The maximum Gasteiger partial charge on any atom is 0.326 e. The maximum atomic E-state index is 12.5. The molecule has 9 heteroatoms. The van der Waals surface area contributed by atoms with Gasteiger partial charge in [-0.15, -0.1) is 11.3 Å². The van der Waals surface area contributed by atoms with Crippen molar-refractivity contribution in [1.82, 2.24) is 9.55 Å². The molecule has 0 atom stereocenters. The molecular weight excluding hydrogens is 358 g/mol. The predicted molar refractivity (Wildman–Crippen MR) is 96.2 cm³/mol. The molecule has 0 aliphatic heterocycles.